The predicted molar refractivity (Wildman–Crippen MR) is 114 cm³/mol. The minimum absolute atomic E-state index is 0.355. The molecule has 3 aromatic rings. The highest BCUT2D eigenvalue weighted by atomic mass is 35.5. The van der Waals surface area contributed by atoms with Crippen molar-refractivity contribution in [3.8, 4) is 11.5 Å². The van der Waals surface area contributed by atoms with Crippen LogP contribution in [0.15, 0.2) is 78.9 Å². The second-order valence-electron chi connectivity index (χ2n) is 5.93. The Balaban J connectivity index is 1.71. The van der Waals surface area contributed by atoms with Gasteiger partial charge in [-0.2, -0.15) is 0 Å². The molecular weight excluding hydrogens is 372 g/mol. The molecule has 0 atom stereocenters. The van der Waals surface area contributed by atoms with Crippen LogP contribution in [0.5, 0.6) is 11.5 Å². The summed E-state index contributed by atoms with van der Waals surface area (Å²) in [5, 5.41) is 0.568. The summed E-state index contributed by atoms with van der Waals surface area (Å²) < 4.78 is 10.8. The van der Waals surface area contributed by atoms with E-state index in [4.69, 9.17) is 21.1 Å². The maximum Gasteiger partial charge on any atom is 0.336 e. The van der Waals surface area contributed by atoms with Crippen molar-refractivity contribution in [3.63, 3.8) is 0 Å². The third kappa shape index (κ3) is 5.35. The van der Waals surface area contributed by atoms with Crippen LogP contribution in [0.1, 0.15) is 16.7 Å². The lowest BCUT2D eigenvalue weighted by Gasteiger charge is -2.08. The molecule has 3 aromatic carbocycles. The van der Waals surface area contributed by atoms with Crippen LogP contribution >= 0.6 is 11.6 Å². The second-order valence-corrected chi connectivity index (χ2v) is 6.34. The van der Waals surface area contributed by atoms with Crippen LogP contribution in [0.4, 0.5) is 0 Å². The van der Waals surface area contributed by atoms with E-state index in [1.54, 1.807) is 18.2 Å². The summed E-state index contributed by atoms with van der Waals surface area (Å²) in [6, 6.07) is 22.6. The number of hydrogen-bond acceptors (Lipinski definition) is 3. The van der Waals surface area contributed by atoms with Crippen LogP contribution < -0.4 is 9.47 Å². The Hall–Kier alpha value is -3.30. The van der Waals surface area contributed by atoms with Crippen molar-refractivity contribution in [1.82, 2.24) is 0 Å². The number of esters is 1. The van der Waals surface area contributed by atoms with E-state index in [9.17, 15) is 4.79 Å². The fourth-order valence-corrected chi connectivity index (χ4v) is 2.74. The van der Waals surface area contributed by atoms with E-state index in [0.717, 1.165) is 16.7 Å². The molecule has 0 aromatic heterocycles. The molecule has 3 nitrogen and oxygen atoms in total. The molecular formula is C24H19ClO3. The maximum atomic E-state index is 12.1. The zero-order valence-corrected chi connectivity index (χ0v) is 16.1. The van der Waals surface area contributed by atoms with E-state index < -0.39 is 5.97 Å². The quantitative estimate of drug-likeness (QED) is 0.219. The molecule has 3 rings (SSSR count). The molecule has 4 heteroatoms. The molecule has 0 heterocycles. The van der Waals surface area contributed by atoms with Crippen LogP contribution in [0.2, 0.25) is 5.02 Å². The Bertz CT molecular complexity index is 1010. The Labute approximate surface area is 169 Å². The molecule has 0 amide bonds. The number of hydrogen-bond donors (Lipinski definition) is 0. The molecule has 0 unspecified atom stereocenters. The lowest BCUT2D eigenvalue weighted by atomic mass is 10.1. The van der Waals surface area contributed by atoms with Gasteiger partial charge < -0.3 is 9.47 Å². The number of methoxy groups -OCH3 is 1. The van der Waals surface area contributed by atoms with Crippen LogP contribution in [-0.2, 0) is 4.79 Å². The fraction of sp³-hybridized carbons (Fsp3) is 0.0417. The Morgan fingerprint density at radius 1 is 0.821 bits per heavy atom. The van der Waals surface area contributed by atoms with Crippen molar-refractivity contribution in [2.45, 2.75) is 0 Å². The first-order valence-electron chi connectivity index (χ1n) is 8.71. The van der Waals surface area contributed by atoms with Crippen LogP contribution in [0.25, 0.3) is 18.2 Å². The van der Waals surface area contributed by atoms with E-state index in [-0.39, 0.29) is 0 Å². The topological polar surface area (TPSA) is 35.5 Å². The van der Waals surface area contributed by atoms with Gasteiger partial charge >= 0.3 is 5.97 Å². The van der Waals surface area contributed by atoms with E-state index >= 15 is 0 Å². The van der Waals surface area contributed by atoms with Gasteiger partial charge in [0.2, 0.25) is 0 Å². The summed E-state index contributed by atoms with van der Waals surface area (Å²) >= 11 is 6.08. The molecule has 0 saturated carbocycles. The standard InChI is InChI=1S/C24H19ClO3/c1-27-23-17-19(12-11-18-7-3-2-4-8-18)13-15-22(23)28-24(26)16-14-20-9-5-6-10-21(20)25/h2-17H,1H3/b12-11+,16-14+. The Kier molecular flexibility index (Phi) is 6.66. The van der Waals surface area contributed by atoms with E-state index in [0.29, 0.717) is 16.5 Å². The van der Waals surface area contributed by atoms with E-state index in [2.05, 4.69) is 0 Å². The number of rotatable bonds is 6. The highest BCUT2D eigenvalue weighted by Gasteiger charge is 2.08. The number of ether oxygens (including phenoxy) is 2. The Morgan fingerprint density at radius 3 is 2.29 bits per heavy atom. The van der Waals surface area contributed by atoms with Crippen molar-refractivity contribution in [3.05, 3.63) is 101 Å². The van der Waals surface area contributed by atoms with Gasteiger partial charge in [-0.25, -0.2) is 4.79 Å². The lowest BCUT2D eigenvalue weighted by molar-refractivity contribution is -0.129. The van der Waals surface area contributed by atoms with Crippen molar-refractivity contribution in [1.29, 1.82) is 0 Å². The van der Waals surface area contributed by atoms with Crippen molar-refractivity contribution >= 4 is 35.8 Å². The van der Waals surface area contributed by atoms with Gasteiger partial charge in [0, 0.05) is 11.1 Å². The molecule has 0 aliphatic rings. The molecule has 140 valence electrons. The SMILES string of the molecule is COc1cc(/C=C/c2ccccc2)ccc1OC(=O)/C=C/c1ccccc1Cl. The Morgan fingerprint density at radius 2 is 1.54 bits per heavy atom. The number of carbonyl (C=O) groups excluding carboxylic acids is 1. The molecule has 0 aliphatic heterocycles. The van der Waals surface area contributed by atoms with Crippen molar-refractivity contribution in [2.75, 3.05) is 7.11 Å². The molecule has 0 aliphatic carbocycles. The molecule has 0 bridgehead atoms. The first-order valence-corrected chi connectivity index (χ1v) is 9.09. The summed E-state index contributed by atoms with van der Waals surface area (Å²) in [5.41, 5.74) is 2.78. The maximum absolute atomic E-state index is 12.1. The first kappa shape index (κ1) is 19.5. The van der Waals surface area contributed by atoms with Crippen molar-refractivity contribution < 1.29 is 14.3 Å². The fourth-order valence-electron chi connectivity index (χ4n) is 2.54. The minimum Gasteiger partial charge on any atom is -0.493 e. The second kappa shape index (κ2) is 9.58. The third-order valence-corrected chi connectivity index (χ3v) is 4.31. The van der Waals surface area contributed by atoms with Crippen LogP contribution in [-0.4, -0.2) is 13.1 Å². The summed E-state index contributed by atoms with van der Waals surface area (Å²) in [5.74, 6) is 0.327. The summed E-state index contributed by atoms with van der Waals surface area (Å²) in [6.45, 7) is 0. The smallest absolute Gasteiger partial charge is 0.336 e. The summed E-state index contributed by atoms with van der Waals surface area (Å²) in [4.78, 5) is 12.1. The van der Waals surface area contributed by atoms with Gasteiger partial charge in [0.15, 0.2) is 11.5 Å². The van der Waals surface area contributed by atoms with Gasteiger partial charge in [-0.15, -0.1) is 0 Å². The number of benzene rings is 3. The zero-order chi connectivity index (χ0) is 19.8. The predicted octanol–water partition coefficient (Wildman–Crippen LogP) is 6.14. The van der Waals surface area contributed by atoms with Gasteiger partial charge in [-0.1, -0.05) is 78.4 Å². The highest BCUT2D eigenvalue weighted by Crippen LogP contribution is 2.29. The molecule has 0 fully saturated rings. The average Bonchev–Trinajstić information content (AvgIpc) is 2.73. The number of halogens is 1. The van der Waals surface area contributed by atoms with E-state index in [1.807, 2.05) is 72.8 Å². The first-order chi connectivity index (χ1) is 13.7. The highest BCUT2D eigenvalue weighted by molar-refractivity contribution is 6.32. The van der Waals surface area contributed by atoms with Crippen LogP contribution in [0.3, 0.4) is 0 Å². The summed E-state index contributed by atoms with van der Waals surface area (Å²) in [7, 11) is 1.54. The average molecular weight is 391 g/mol. The van der Waals surface area contributed by atoms with Crippen LogP contribution in [0, 0.1) is 0 Å². The van der Waals surface area contributed by atoms with E-state index in [1.165, 1.54) is 13.2 Å². The van der Waals surface area contributed by atoms with Gasteiger partial charge in [-0.3, -0.25) is 0 Å². The van der Waals surface area contributed by atoms with Gasteiger partial charge in [-0.05, 0) is 41.0 Å². The lowest BCUT2D eigenvalue weighted by Crippen LogP contribution is -2.05. The zero-order valence-electron chi connectivity index (χ0n) is 15.3. The third-order valence-electron chi connectivity index (χ3n) is 3.97. The minimum atomic E-state index is -0.509. The molecule has 0 N–H and O–H groups in total. The molecule has 28 heavy (non-hydrogen) atoms. The monoisotopic (exact) mass is 390 g/mol. The number of carbonyl (C=O) groups is 1. The van der Waals surface area contributed by atoms with Crippen molar-refractivity contribution in [2.24, 2.45) is 0 Å². The largest absolute Gasteiger partial charge is 0.493 e. The normalized spacial score (nSPS) is 11.1. The summed E-state index contributed by atoms with van der Waals surface area (Å²) in [6.07, 6.45) is 6.94. The van der Waals surface area contributed by atoms with Gasteiger partial charge in [0.25, 0.3) is 0 Å². The molecule has 0 saturated heterocycles. The van der Waals surface area contributed by atoms with Gasteiger partial charge in [0.1, 0.15) is 0 Å². The molecule has 0 radical (unpaired) electrons. The van der Waals surface area contributed by atoms with Gasteiger partial charge in [0.05, 0.1) is 7.11 Å². The molecule has 0 spiro atoms.